The van der Waals surface area contributed by atoms with E-state index in [2.05, 4.69) is 5.16 Å². The van der Waals surface area contributed by atoms with Gasteiger partial charge in [-0.05, 0) is 19.3 Å². The first-order valence-electron chi connectivity index (χ1n) is 3.60. The minimum atomic E-state index is 0.222. The smallest absolute Gasteiger partial charge is 0.168 e. The van der Waals surface area contributed by atoms with E-state index in [4.69, 9.17) is 4.84 Å². The Balaban J connectivity index is 2.17. The van der Waals surface area contributed by atoms with Gasteiger partial charge in [0.05, 0.1) is 0 Å². The van der Waals surface area contributed by atoms with Crippen LogP contribution in [0.25, 0.3) is 0 Å². The van der Waals surface area contributed by atoms with Gasteiger partial charge in [-0.2, -0.15) is 0 Å². The monoisotopic (exact) mass is 139 g/mol. The molecule has 0 N–H and O–H groups in total. The number of aldehydes is 1. The van der Waals surface area contributed by atoms with Crippen LogP contribution in [0.2, 0.25) is 0 Å². The molecule has 1 heterocycles. The zero-order valence-corrected chi connectivity index (χ0v) is 5.62. The Morgan fingerprint density at radius 1 is 1.60 bits per heavy atom. The molecule has 0 bridgehead atoms. The van der Waals surface area contributed by atoms with Gasteiger partial charge >= 0.3 is 0 Å². The molecular weight excluding hydrogens is 130 g/mol. The van der Waals surface area contributed by atoms with Crippen molar-refractivity contribution in [2.24, 2.45) is 11.1 Å². The number of fused-ring (bicyclic) bond motifs is 1. The minimum absolute atomic E-state index is 0.222. The zero-order chi connectivity index (χ0) is 6.97. The third-order valence-corrected chi connectivity index (χ3v) is 2.25. The van der Waals surface area contributed by atoms with E-state index >= 15 is 0 Å². The van der Waals surface area contributed by atoms with E-state index in [1.54, 1.807) is 0 Å². The molecule has 2 rings (SSSR count). The van der Waals surface area contributed by atoms with E-state index in [1.165, 1.54) is 6.42 Å². The molecule has 0 radical (unpaired) electrons. The molecule has 1 aliphatic carbocycles. The number of rotatable bonds is 1. The number of oxime groups is 1. The molecule has 0 unspecified atom stereocenters. The zero-order valence-electron chi connectivity index (χ0n) is 5.62. The van der Waals surface area contributed by atoms with Crippen molar-refractivity contribution in [2.45, 2.75) is 25.4 Å². The summed E-state index contributed by atoms with van der Waals surface area (Å²) in [6.45, 7) is 0. The second kappa shape index (κ2) is 2.08. The van der Waals surface area contributed by atoms with Crippen LogP contribution in [-0.4, -0.2) is 18.1 Å². The summed E-state index contributed by atoms with van der Waals surface area (Å²) in [5.74, 6) is 0.317. The normalized spacial score (nSPS) is 36.6. The van der Waals surface area contributed by atoms with E-state index in [0.717, 1.165) is 19.1 Å². The molecular formula is C7H9NO2. The van der Waals surface area contributed by atoms with Crippen LogP contribution in [0.3, 0.4) is 0 Å². The van der Waals surface area contributed by atoms with Crippen LogP contribution in [0.15, 0.2) is 5.16 Å². The largest absolute Gasteiger partial charge is 0.391 e. The molecule has 0 spiro atoms. The van der Waals surface area contributed by atoms with Gasteiger partial charge in [-0.15, -0.1) is 0 Å². The van der Waals surface area contributed by atoms with Crippen LogP contribution in [0.4, 0.5) is 0 Å². The molecule has 0 saturated heterocycles. The lowest BCUT2D eigenvalue weighted by Crippen LogP contribution is -2.17. The molecule has 3 heteroatoms. The predicted molar refractivity (Wildman–Crippen MR) is 35.7 cm³/mol. The molecule has 0 aromatic heterocycles. The van der Waals surface area contributed by atoms with Gasteiger partial charge in [-0.3, -0.25) is 4.79 Å². The molecule has 10 heavy (non-hydrogen) atoms. The highest BCUT2D eigenvalue weighted by molar-refractivity contribution is 6.29. The van der Waals surface area contributed by atoms with Crippen LogP contribution in [0.5, 0.6) is 0 Å². The van der Waals surface area contributed by atoms with E-state index in [0.29, 0.717) is 11.6 Å². The molecule has 3 nitrogen and oxygen atoms in total. The van der Waals surface area contributed by atoms with Crippen LogP contribution >= 0.6 is 0 Å². The summed E-state index contributed by atoms with van der Waals surface area (Å²) < 4.78 is 0. The topological polar surface area (TPSA) is 38.7 Å². The molecule has 1 aliphatic heterocycles. The van der Waals surface area contributed by atoms with E-state index < -0.39 is 0 Å². The summed E-state index contributed by atoms with van der Waals surface area (Å²) in [5.41, 5.74) is 0.613. The van der Waals surface area contributed by atoms with Crippen LogP contribution in [0.1, 0.15) is 19.3 Å². The lowest BCUT2D eigenvalue weighted by Gasteiger charge is -2.03. The quantitative estimate of drug-likeness (QED) is 0.502. The maximum atomic E-state index is 10.3. The average Bonchev–Trinajstić information content (AvgIpc) is 2.44. The van der Waals surface area contributed by atoms with Crippen molar-refractivity contribution in [3.63, 3.8) is 0 Å². The minimum Gasteiger partial charge on any atom is -0.391 e. The summed E-state index contributed by atoms with van der Waals surface area (Å²) >= 11 is 0. The Morgan fingerprint density at radius 2 is 2.50 bits per heavy atom. The van der Waals surface area contributed by atoms with Crippen molar-refractivity contribution in [1.82, 2.24) is 0 Å². The Bertz CT molecular complexity index is 188. The summed E-state index contributed by atoms with van der Waals surface area (Å²) in [6.07, 6.45) is 4.34. The molecule has 54 valence electrons. The Kier molecular flexibility index (Phi) is 1.22. The lowest BCUT2D eigenvalue weighted by molar-refractivity contribution is -0.102. The van der Waals surface area contributed by atoms with Gasteiger partial charge in [0.25, 0.3) is 0 Å². The molecule has 2 aliphatic rings. The van der Waals surface area contributed by atoms with Crippen LogP contribution in [-0.2, 0) is 9.63 Å². The average molecular weight is 139 g/mol. The highest BCUT2D eigenvalue weighted by atomic mass is 16.6. The first-order valence-corrected chi connectivity index (χ1v) is 3.60. The van der Waals surface area contributed by atoms with Gasteiger partial charge in [0.15, 0.2) is 6.29 Å². The SMILES string of the molecule is O=CC1=NO[C@H]2CCC[C@@H]12. The van der Waals surface area contributed by atoms with Crippen molar-refractivity contribution in [3.8, 4) is 0 Å². The van der Waals surface area contributed by atoms with Crippen molar-refractivity contribution in [3.05, 3.63) is 0 Å². The number of carbonyl (C=O) groups is 1. The summed E-state index contributed by atoms with van der Waals surface area (Å²) in [6, 6.07) is 0. The maximum absolute atomic E-state index is 10.3. The first kappa shape index (κ1) is 5.89. The second-order valence-corrected chi connectivity index (χ2v) is 2.82. The Labute approximate surface area is 59.0 Å². The van der Waals surface area contributed by atoms with Gasteiger partial charge < -0.3 is 4.84 Å². The summed E-state index contributed by atoms with van der Waals surface area (Å²) in [5, 5.41) is 3.69. The van der Waals surface area contributed by atoms with Gasteiger partial charge in [0, 0.05) is 5.92 Å². The fraction of sp³-hybridized carbons (Fsp3) is 0.714. The van der Waals surface area contributed by atoms with E-state index in [1.807, 2.05) is 0 Å². The number of carbonyl (C=O) groups excluding carboxylic acids is 1. The van der Waals surface area contributed by atoms with Gasteiger partial charge in [-0.1, -0.05) is 5.16 Å². The summed E-state index contributed by atoms with van der Waals surface area (Å²) in [4.78, 5) is 15.4. The fourth-order valence-corrected chi connectivity index (χ4v) is 1.70. The highest BCUT2D eigenvalue weighted by Crippen LogP contribution is 2.33. The van der Waals surface area contributed by atoms with Gasteiger partial charge in [0.2, 0.25) is 0 Å². The van der Waals surface area contributed by atoms with E-state index in [9.17, 15) is 4.79 Å². The number of hydrogen-bond acceptors (Lipinski definition) is 3. The van der Waals surface area contributed by atoms with E-state index in [-0.39, 0.29) is 6.10 Å². The van der Waals surface area contributed by atoms with Crippen molar-refractivity contribution in [2.75, 3.05) is 0 Å². The number of nitrogens with zero attached hydrogens (tertiary/aromatic N) is 1. The van der Waals surface area contributed by atoms with Gasteiger partial charge in [-0.25, -0.2) is 0 Å². The molecule has 0 aromatic carbocycles. The van der Waals surface area contributed by atoms with Crippen molar-refractivity contribution < 1.29 is 9.63 Å². The summed E-state index contributed by atoms with van der Waals surface area (Å²) in [7, 11) is 0. The maximum Gasteiger partial charge on any atom is 0.168 e. The van der Waals surface area contributed by atoms with Crippen LogP contribution in [0, 0.1) is 5.92 Å². The Hall–Kier alpha value is -0.860. The molecule has 1 saturated carbocycles. The molecule has 0 aromatic rings. The van der Waals surface area contributed by atoms with Crippen molar-refractivity contribution in [1.29, 1.82) is 0 Å². The van der Waals surface area contributed by atoms with Gasteiger partial charge in [0.1, 0.15) is 11.8 Å². The first-order chi connectivity index (χ1) is 4.92. The standard InChI is InChI=1S/C7H9NO2/c9-4-6-5-2-1-3-7(5)10-8-6/h4-5,7H,1-3H2/t5-,7-/m0/s1. The third kappa shape index (κ3) is 0.664. The predicted octanol–water partition coefficient (Wildman–Crippen LogP) is 0.740. The Morgan fingerprint density at radius 3 is 3.30 bits per heavy atom. The molecule has 1 fully saturated rings. The molecule has 0 amide bonds. The van der Waals surface area contributed by atoms with Crippen LogP contribution < -0.4 is 0 Å². The third-order valence-electron chi connectivity index (χ3n) is 2.25. The lowest BCUT2D eigenvalue weighted by atomic mass is 10.0. The molecule has 2 atom stereocenters. The fourth-order valence-electron chi connectivity index (χ4n) is 1.70. The highest BCUT2D eigenvalue weighted by Gasteiger charge is 2.37. The number of hydrogen-bond donors (Lipinski definition) is 0. The second-order valence-electron chi connectivity index (χ2n) is 2.82. The van der Waals surface area contributed by atoms with Crippen molar-refractivity contribution >= 4 is 12.0 Å².